The van der Waals surface area contributed by atoms with Gasteiger partial charge >= 0.3 is 0 Å². The minimum absolute atomic E-state index is 0.324. The molecule has 0 unspecified atom stereocenters. The fourth-order valence-corrected chi connectivity index (χ4v) is 4.49. The Labute approximate surface area is 206 Å². The summed E-state index contributed by atoms with van der Waals surface area (Å²) < 4.78 is 16.0. The van der Waals surface area contributed by atoms with Crippen LogP contribution < -0.4 is 5.32 Å². The first-order chi connectivity index (χ1) is 16.7. The van der Waals surface area contributed by atoms with E-state index in [1.807, 2.05) is 0 Å². The van der Waals surface area contributed by atoms with Gasteiger partial charge in [0.1, 0.15) is 36.6 Å². The van der Waals surface area contributed by atoms with Crippen LogP contribution in [0.15, 0.2) is 0 Å². The van der Waals surface area contributed by atoms with E-state index in [0.29, 0.717) is 13.0 Å². The summed E-state index contributed by atoms with van der Waals surface area (Å²) in [5, 5.41) is 83.3. The lowest BCUT2D eigenvalue weighted by Gasteiger charge is -2.50. The molecule has 2 aliphatic heterocycles. The van der Waals surface area contributed by atoms with Gasteiger partial charge in [-0.25, -0.2) is 0 Å². The fraction of sp³-hybridized carbons (Fsp3) is 1.00. The van der Waals surface area contributed by atoms with E-state index < -0.39 is 67.8 Å². The Kier molecular flexibility index (Phi) is 13.2. The first kappa shape index (κ1) is 30.7. The average Bonchev–Trinajstić information content (AvgIpc) is 2.85. The van der Waals surface area contributed by atoms with E-state index in [9.17, 15) is 40.9 Å². The summed E-state index contributed by atoms with van der Waals surface area (Å²) in [6.07, 6.45) is -4.84. The van der Waals surface area contributed by atoms with Gasteiger partial charge in [0.15, 0.2) is 24.6 Å². The predicted octanol–water partition coefficient (Wildman–Crippen LogP) is -1.60. The van der Waals surface area contributed by atoms with Crippen molar-refractivity contribution in [3.63, 3.8) is 0 Å². The van der Waals surface area contributed by atoms with Crippen LogP contribution in [-0.4, -0.2) is 115 Å². The maximum atomic E-state index is 10.6. The predicted molar refractivity (Wildman–Crippen MR) is 123 cm³/mol. The highest BCUT2D eigenvalue weighted by molar-refractivity contribution is 5.00. The smallest absolute Gasteiger partial charge is 0.189 e. The Hall–Kier alpha value is -0.480. The molecule has 0 aromatic heterocycles. The Morgan fingerprint density at radius 3 is 1.80 bits per heavy atom. The first-order valence-corrected chi connectivity index (χ1v) is 12.8. The quantitative estimate of drug-likeness (QED) is 0.114. The Morgan fingerprint density at radius 2 is 1.23 bits per heavy atom. The number of hydrogen-bond donors (Lipinski definition) is 9. The zero-order valence-corrected chi connectivity index (χ0v) is 20.5. The van der Waals surface area contributed by atoms with E-state index in [1.165, 1.54) is 38.5 Å². The van der Waals surface area contributed by atoms with E-state index in [4.69, 9.17) is 14.2 Å². The van der Waals surface area contributed by atoms with E-state index >= 15 is 0 Å². The molecule has 208 valence electrons. The number of ether oxygens (including phenoxy) is 3. The Bertz CT molecular complexity index is 588. The molecule has 2 saturated heterocycles. The third-order valence-electron chi connectivity index (χ3n) is 6.76. The first-order valence-electron chi connectivity index (χ1n) is 12.8. The summed E-state index contributed by atoms with van der Waals surface area (Å²) in [5.74, 6) is 0. The highest BCUT2D eigenvalue weighted by Crippen LogP contribution is 2.33. The molecule has 0 aliphatic carbocycles. The topological polar surface area (TPSA) is 202 Å². The minimum atomic E-state index is -1.89. The van der Waals surface area contributed by atoms with Crippen molar-refractivity contribution in [3.8, 4) is 0 Å². The molecule has 9 N–H and O–H groups in total. The van der Waals surface area contributed by atoms with Gasteiger partial charge in [-0.15, -0.1) is 0 Å². The summed E-state index contributed by atoms with van der Waals surface area (Å²) in [5.41, 5.74) is -1.88. The fourth-order valence-electron chi connectivity index (χ4n) is 4.49. The van der Waals surface area contributed by atoms with Crippen molar-refractivity contribution in [2.75, 3.05) is 13.2 Å². The van der Waals surface area contributed by atoms with Gasteiger partial charge in [-0.1, -0.05) is 64.7 Å². The van der Waals surface area contributed by atoms with E-state index in [2.05, 4.69) is 12.2 Å². The second kappa shape index (κ2) is 15.1. The molecule has 12 nitrogen and oxygen atoms in total. The molecule has 0 aromatic rings. The van der Waals surface area contributed by atoms with Crippen molar-refractivity contribution in [3.05, 3.63) is 0 Å². The number of nitrogens with one attached hydrogen (secondary N) is 1. The molecule has 0 bridgehead atoms. The van der Waals surface area contributed by atoms with Gasteiger partial charge in [0.25, 0.3) is 0 Å². The van der Waals surface area contributed by atoms with E-state index in [0.717, 1.165) is 19.3 Å². The molecule has 2 fully saturated rings. The number of rotatable bonds is 15. The number of aliphatic hydroxyl groups is 8. The lowest BCUT2D eigenvalue weighted by molar-refractivity contribution is -0.396. The SMILES string of the molecule is CCCCCCCCCCCCN[C@]1(CO)O[C@@H](O)[C@H](O)[C@H](O)[C@@H]1O[C@@H]1O[C@H](O)[C@@H](O)[C@H](O)[C@H]1O. The van der Waals surface area contributed by atoms with Gasteiger partial charge in [0.05, 0.1) is 6.61 Å². The van der Waals surface area contributed by atoms with Crippen molar-refractivity contribution in [2.45, 2.75) is 132 Å². The lowest BCUT2D eigenvalue weighted by atomic mass is 9.92. The Morgan fingerprint density at radius 1 is 0.686 bits per heavy atom. The second-order valence-electron chi connectivity index (χ2n) is 9.57. The van der Waals surface area contributed by atoms with Crippen LogP contribution in [0.25, 0.3) is 0 Å². The van der Waals surface area contributed by atoms with Gasteiger partial charge in [-0.05, 0) is 13.0 Å². The number of unbranched alkanes of at least 4 members (excludes halogenated alkanes) is 9. The van der Waals surface area contributed by atoms with Gasteiger partial charge in [-0.2, -0.15) is 0 Å². The Balaban J connectivity index is 1.91. The lowest BCUT2D eigenvalue weighted by Crippen LogP contribution is -2.73. The number of aliphatic hydroxyl groups excluding tert-OH is 8. The highest BCUT2D eigenvalue weighted by Gasteiger charge is 2.57. The molecule has 2 aliphatic rings. The molecule has 12 heteroatoms. The van der Waals surface area contributed by atoms with Gasteiger partial charge in [-0.3, -0.25) is 5.32 Å². The summed E-state index contributed by atoms with van der Waals surface area (Å²) in [6.45, 7) is 1.73. The molecule has 35 heavy (non-hydrogen) atoms. The molecule has 2 rings (SSSR count). The number of hydrogen-bond acceptors (Lipinski definition) is 12. The molecule has 2 heterocycles. The normalized spacial score (nSPS) is 40.2. The van der Waals surface area contributed by atoms with Crippen LogP contribution in [0, 0.1) is 0 Å². The van der Waals surface area contributed by atoms with Crippen LogP contribution in [0.5, 0.6) is 0 Å². The van der Waals surface area contributed by atoms with Crippen LogP contribution >= 0.6 is 0 Å². The average molecular weight is 512 g/mol. The van der Waals surface area contributed by atoms with Crippen LogP contribution in [-0.2, 0) is 14.2 Å². The van der Waals surface area contributed by atoms with Crippen LogP contribution in [0.1, 0.15) is 71.1 Å². The zero-order valence-electron chi connectivity index (χ0n) is 20.5. The minimum Gasteiger partial charge on any atom is -0.392 e. The van der Waals surface area contributed by atoms with Crippen LogP contribution in [0.3, 0.4) is 0 Å². The van der Waals surface area contributed by atoms with Gasteiger partial charge < -0.3 is 55.1 Å². The van der Waals surface area contributed by atoms with E-state index in [-0.39, 0.29) is 0 Å². The van der Waals surface area contributed by atoms with E-state index in [1.54, 1.807) is 0 Å². The summed E-state index contributed by atoms with van der Waals surface area (Å²) >= 11 is 0. The van der Waals surface area contributed by atoms with Gasteiger partial charge in [0, 0.05) is 0 Å². The van der Waals surface area contributed by atoms with Crippen molar-refractivity contribution in [2.24, 2.45) is 0 Å². The molecular formula is C23H45NO11. The second-order valence-corrected chi connectivity index (χ2v) is 9.57. The standard InChI is InChI=1S/C23H45NO11/c1-2-3-4-5-6-7-8-9-10-11-12-24-23(13-25)19(15(27)17(29)21(32)35-23)33-22-18(30)14(26)16(28)20(31)34-22/h14-22,24-32H,2-13H2,1H3/t14-,15-,16-,17+,18+,19-,20-,21+,22+,23+/m0/s1. The summed E-state index contributed by atoms with van der Waals surface area (Å²) in [6, 6.07) is 0. The van der Waals surface area contributed by atoms with Gasteiger partial charge in [0.2, 0.25) is 0 Å². The molecule has 0 amide bonds. The zero-order chi connectivity index (χ0) is 26.0. The monoisotopic (exact) mass is 511 g/mol. The highest BCUT2D eigenvalue weighted by atomic mass is 16.8. The third kappa shape index (κ3) is 8.25. The van der Waals surface area contributed by atoms with Crippen LogP contribution in [0.2, 0.25) is 0 Å². The largest absolute Gasteiger partial charge is 0.392 e. The molecule has 0 spiro atoms. The molecule has 0 saturated carbocycles. The van der Waals surface area contributed by atoms with Crippen molar-refractivity contribution in [1.82, 2.24) is 5.32 Å². The summed E-state index contributed by atoms with van der Waals surface area (Å²) in [4.78, 5) is 0. The molecular weight excluding hydrogens is 466 g/mol. The van der Waals surface area contributed by atoms with Crippen molar-refractivity contribution in [1.29, 1.82) is 0 Å². The van der Waals surface area contributed by atoms with Crippen molar-refractivity contribution >= 4 is 0 Å². The summed E-state index contributed by atoms with van der Waals surface area (Å²) in [7, 11) is 0. The maximum Gasteiger partial charge on any atom is 0.189 e. The maximum absolute atomic E-state index is 10.6. The van der Waals surface area contributed by atoms with Crippen LogP contribution in [0.4, 0.5) is 0 Å². The molecule has 0 aromatic carbocycles. The van der Waals surface area contributed by atoms with Crippen molar-refractivity contribution < 1.29 is 55.1 Å². The third-order valence-corrected chi connectivity index (χ3v) is 6.76. The molecule has 10 atom stereocenters. The molecule has 0 radical (unpaired) electrons.